The molecule has 1 heterocycles. The number of carboxylic acid groups (broad SMARTS) is 1. The van der Waals surface area contributed by atoms with E-state index in [1.807, 2.05) is 60.7 Å². The van der Waals surface area contributed by atoms with E-state index in [1.54, 1.807) is 10.9 Å². The van der Waals surface area contributed by atoms with Crippen LogP contribution in [-0.2, 0) is 0 Å². The molecule has 0 aliphatic heterocycles. The van der Waals surface area contributed by atoms with Gasteiger partial charge in [0.05, 0.1) is 17.2 Å². The molecule has 0 unspecified atom stereocenters. The standard InChI is InChI=1S/C23H17N3O3/c27-22(24-18-13-11-17(12-14-18)23(28)29)20-15-26(19-9-5-2-6-10-19)25-21(20)16-7-3-1-4-8-16/h1-15H,(H,24,27)(H,28,29)/p-1. The Hall–Kier alpha value is -4.19. The van der Waals surface area contributed by atoms with Crippen LogP contribution in [0.5, 0.6) is 0 Å². The molecule has 29 heavy (non-hydrogen) atoms. The number of carboxylic acids is 1. The molecule has 0 radical (unpaired) electrons. The maximum Gasteiger partial charge on any atom is 0.259 e. The highest BCUT2D eigenvalue weighted by molar-refractivity contribution is 6.08. The third-order valence-corrected chi connectivity index (χ3v) is 4.41. The van der Waals surface area contributed by atoms with Crippen LogP contribution < -0.4 is 10.4 Å². The lowest BCUT2D eigenvalue weighted by Gasteiger charge is -2.07. The quantitative estimate of drug-likeness (QED) is 0.574. The first-order valence-corrected chi connectivity index (χ1v) is 8.95. The van der Waals surface area contributed by atoms with Crippen molar-refractivity contribution in [1.82, 2.24) is 9.78 Å². The van der Waals surface area contributed by atoms with Gasteiger partial charge >= 0.3 is 0 Å². The third-order valence-electron chi connectivity index (χ3n) is 4.41. The monoisotopic (exact) mass is 382 g/mol. The van der Waals surface area contributed by atoms with Crippen molar-refractivity contribution in [2.24, 2.45) is 0 Å². The van der Waals surface area contributed by atoms with Crippen LogP contribution in [-0.4, -0.2) is 21.7 Å². The molecule has 0 spiro atoms. The van der Waals surface area contributed by atoms with Crippen molar-refractivity contribution in [3.8, 4) is 16.9 Å². The molecular formula is C23H16N3O3-. The highest BCUT2D eigenvalue weighted by atomic mass is 16.4. The number of nitrogens with zero attached hydrogens (tertiary/aromatic N) is 2. The molecule has 1 amide bonds. The molecular weight excluding hydrogens is 366 g/mol. The molecule has 142 valence electrons. The molecule has 0 atom stereocenters. The number of carbonyl (C=O) groups excluding carboxylic acids is 2. The molecule has 6 nitrogen and oxygen atoms in total. The first-order valence-electron chi connectivity index (χ1n) is 8.95. The molecule has 1 N–H and O–H groups in total. The van der Waals surface area contributed by atoms with Crippen LogP contribution in [0.3, 0.4) is 0 Å². The summed E-state index contributed by atoms with van der Waals surface area (Å²) in [4.78, 5) is 23.9. The second-order valence-corrected chi connectivity index (χ2v) is 6.36. The van der Waals surface area contributed by atoms with Crippen molar-refractivity contribution in [1.29, 1.82) is 0 Å². The van der Waals surface area contributed by atoms with Crippen molar-refractivity contribution >= 4 is 17.6 Å². The number of hydrogen-bond acceptors (Lipinski definition) is 4. The van der Waals surface area contributed by atoms with E-state index in [-0.39, 0.29) is 11.5 Å². The number of anilines is 1. The van der Waals surface area contributed by atoms with E-state index in [0.29, 0.717) is 16.9 Å². The van der Waals surface area contributed by atoms with Gasteiger partial charge in [0.25, 0.3) is 5.91 Å². The first kappa shape index (κ1) is 18.2. The van der Waals surface area contributed by atoms with Gasteiger partial charge in [-0.1, -0.05) is 60.7 Å². The van der Waals surface area contributed by atoms with E-state index < -0.39 is 5.97 Å². The second kappa shape index (κ2) is 7.82. The Kier molecular flexibility index (Phi) is 4.90. The summed E-state index contributed by atoms with van der Waals surface area (Å²) in [6.45, 7) is 0. The van der Waals surface area contributed by atoms with Crippen molar-refractivity contribution in [2.45, 2.75) is 0 Å². The fourth-order valence-corrected chi connectivity index (χ4v) is 2.95. The molecule has 6 heteroatoms. The minimum atomic E-state index is -1.27. The largest absolute Gasteiger partial charge is 0.545 e. The average molecular weight is 382 g/mol. The van der Waals surface area contributed by atoms with Crippen LogP contribution in [0.25, 0.3) is 16.9 Å². The topological polar surface area (TPSA) is 87.0 Å². The zero-order chi connectivity index (χ0) is 20.2. The minimum Gasteiger partial charge on any atom is -0.545 e. The van der Waals surface area contributed by atoms with Crippen molar-refractivity contribution in [3.63, 3.8) is 0 Å². The maximum absolute atomic E-state index is 13.0. The van der Waals surface area contributed by atoms with Crippen molar-refractivity contribution in [3.05, 3.63) is 102 Å². The second-order valence-electron chi connectivity index (χ2n) is 6.36. The molecule has 0 bridgehead atoms. The smallest absolute Gasteiger partial charge is 0.259 e. The third kappa shape index (κ3) is 3.91. The number of benzene rings is 3. The number of amides is 1. The zero-order valence-electron chi connectivity index (χ0n) is 15.3. The Labute approximate surface area is 167 Å². The van der Waals surface area contributed by atoms with Crippen LogP contribution in [0.4, 0.5) is 5.69 Å². The summed E-state index contributed by atoms with van der Waals surface area (Å²) >= 11 is 0. The molecule has 0 aliphatic carbocycles. The molecule has 4 rings (SSSR count). The number of hydrogen-bond donors (Lipinski definition) is 1. The summed E-state index contributed by atoms with van der Waals surface area (Å²) in [5.41, 5.74) is 3.14. The zero-order valence-corrected chi connectivity index (χ0v) is 15.3. The summed E-state index contributed by atoms with van der Waals surface area (Å²) in [6, 6.07) is 24.8. The fraction of sp³-hybridized carbons (Fsp3) is 0. The number of aromatic nitrogens is 2. The Balaban J connectivity index is 1.70. The van der Waals surface area contributed by atoms with Gasteiger partial charge in [-0.05, 0) is 29.8 Å². The summed E-state index contributed by atoms with van der Waals surface area (Å²) in [7, 11) is 0. The van der Waals surface area contributed by atoms with E-state index in [2.05, 4.69) is 10.4 Å². The van der Waals surface area contributed by atoms with E-state index >= 15 is 0 Å². The summed E-state index contributed by atoms with van der Waals surface area (Å²) in [5.74, 6) is -1.61. The first-order chi connectivity index (χ1) is 14.1. The van der Waals surface area contributed by atoms with Crippen molar-refractivity contribution in [2.75, 3.05) is 5.32 Å². The van der Waals surface area contributed by atoms with Gasteiger partial charge in [0.15, 0.2) is 0 Å². The summed E-state index contributed by atoms with van der Waals surface area (Å²) in [6.07, 6.45) is 1.68. The van der Waals surface area contributed by atoms with Gasteiger partial charge in [-0.15, -0.1) is 0 Å². The van der Waals surface area contributed by atoms with E-state index in [1.165, 1.54) is 24.3 Å². The number of rotatable bonds is 5. The Morgan fingerprint density at radius 2 is 1.45 bits per heavy atom. The molecule has 3 aromatic carbocycles. The SMILES string of the molecule is O=C([O-])c1ccc(NC(=O)c2cn(-c3ccccc3)nc2-c2ccccc2)cc1. The molecule has 1 aromatic heterocycles. The molecule has 0 saturated carbocycles. The summed E-state index contributed by atoms with van der Waals surface area (Å²) < 4.78 is 1.66. The lowest BCUT2D eigenvalue weighted by molar-refractivity contribution is -0.255. The van der Waals surface area contributed by atoms with Gasteiger partial charge < -0.3 is 15.2 Å². The molecule has 0 aliphatic rings. The normalized spacial score (nSPS) is 10.5. The van der Waals surface area contributed by atoms with Crippen LogP contribution in [0.2, 0.25) is 0 Å². The van der Waals surface area contributed by atoms with Gasteiger partial charge in [-0.2, -0.15) is 5.10 Å². The number of para-hydroxylation sites is 1. The van der Waals surface area contributed by atoms with Gasteiger partial charge in [0.1, 0.15) is 5.69 Å². The van der Waals surface area contributed by atoms with E-state index in [9.17, 15) is 14.7 Å². The number of carbonyl (C=O) groups is 2. The Bertz CT molecular complexity index is 1150. The maximum atomic E-state index is 13.0. The fourth-order valence-electron chi connectivity index (χ4n) is 2.95. The molecule has 4 aromatic rings. The van der Waals surface area contributed by atoms with Crippen LogP contribution >= 0.6 is 0 Å². The predicted molar refractivity (Wildman–Crippen MR) is 108 cm³/mol. The van der Waals surface area contributed by atoms with Crippen LogP contribution in [0, 0.1) is 0 Å². The highest BCUT2D eigenvalue weighted by Crippen LogP contribution is 2.24. The Morgan fingerprint density at radius 1 is 0.828 bits per heavy atom. The van der Waals surface area contributed by atoms with E-state index in [4.69, 9.17) is 0 Å². The predicted octanol–water partition coefficient (Wildman–Crippen LogP) is 3.16. The number of aromatic carboxylic acids is 1. The van der Waals surface area contributed by atoms with Gasteiger partial charge in [0.2, 0.25) is 0 Å². The van der Waals surface area contributed by atoms with Crippen LogP contribution in [0.15, 0.2) is 91.1 Å². The number of nitrogens with one attached hydrogen (secondary N) is 1. The lowest BCUT2D eigenvalue weighted by atomic mass is 10.1. The highest BCUT2D eigenvalue weighted by Gasteiger charge is 2.18. The van der Waals surface area contributed by atoms with Gasteiger partial charge in [-0.3, -0.25) is 4.79 Å². The minimum absolute atomic E-state index is 0.0462. The molecule has 0 fully saturated rings. The lowest BCUT2D eigenvalue weighted by Crippen LogP contribution is -2.22. The average Bonchev–Trinajstić information content (AvgIpc) is 3.21. The van der Waals surface area contributed by atoms with E-state index in [0.717, 1.165) is 11.3 Å². The summed E-state index contributed by atoms with van der Waals surface area (Å²) in [5, 5.41) is 18.3. The van der Waals surface area contributed by atoms with Crippen LogP contribution in [0.1, 0.15) is 20.7 Å². The Morgan fingerprint density at radius 3 is 2.07 bits per heavy atom. The van der Waals surface area contributed by atoms with Crippen molar-refractivity contribution < 1.29 is 14.7 Å². The van der Waals surface area contributed by atoms with Gasteiger partial charge in [0, 0.05) is 17.4 Å². The molecule has 0 saturated heterocycles. The van der Waals surface area contributed by atoms with Gasteiger partial charge in [-0.25, -0.2) is 4.68 Å².